The molecular formula is C10H9F3O. The maximum absolute atomic E-state index is 12.3. The molecule has 1 atom stereocenters. The second-order valence-corrected chi connectivity index (χ2v) is 3.49. The maximum atomic E-state index is 12.3. The Morgan fingerprint density at radius 2 is 2.07 bits per heavy atom. The number of hydrogen-bond acceptors (Lipinski definition) is 1. The fraction of sp³-hybridized carbons (Fsp3) is 0.400. The van der Waals surface area contributed by atoms with Crippen molar-refractivity contribution in [1.82, 2.24) is 0 Å². The second kappa shape index (κ2) is 2.98. The molecule has 2 rings (SSSR count). The highest BCUT2D eigenvalue weighted by Gasteiger charge is 2.34. The Balaban J connectivity index is 2.36. The van der Waals surface area contributed by atoms with Gasteiger partial charge in [0.1, 0.15) is 0 Å². The fourth-order valence-electron chi connectivity index (χ4n) is 1.74. The number of rotatable bonds is 1. The van der Waals surface area contributed by atoms with Crippen LogP contribution in [0, 0.1) is 0 Å². The highest BCUT2D eigenvalue weighted by Crippen LogP contribution is 2.39. The molecule has 0 saturated carbocycles. The van der Waals surface area contributed by atoms with E-state index >= 15 is 0 Å². The maximum Gasteiger partial charge on any atom is 0.416 e. The number of aliphatic hydroxyl groups excluding tert-OH is 1. The van der Waals surface area contributed by atoms with Gasteiger partial charge in [0.15, 0.2) is 0 Å². The molecule has 0 saturated heterocycles. The van der Waals surface area contributed by atoms with E-state index in [1.807, 2.05) is 0 Å². The third kappa shape index (κ3) is 1.39. The van der Waals surface area contributed by atoms with E-state index in [-0.39, 0.29) is 12.5 Å². The Bertz CT molecular complexity index is 357. The minimum Gasteiger partial charge on any atom is -0.396 e. The number of aliphatic hydroxyl groups is 1. The number of hydrogen-bond donors (Lipinski definition) is 1. The standard InChI is InChI=1S/C10H9F3O/c11-10(12,13)8-2-1-6-3-7(5-14)9(6)4-8/h1-2,4,7,14H,3,5H2. The van der Waals surface area contributed by atoms with Crippen LogP contribution >= 0.6 is 0 Å². The number of alkyl halides is 3. The Kier molecular flexibility index (Phi) is 2.03. The van der Waals surface area contributed by atoms with Crippen LogP contribution < -0.4 is 0 Å². The predicted octanol–water partition coefficient (Wildman–Crippen LogP) is 2.34. The molecule has 1 aromatic carbocycles. The quantitative estimate of drug-likeness (QED) is 0.741. The van der Waals surface area contributed by atoms with Crippen molar-refractivity contribution in [3.05, 3.63) is 34.9 Å². The summed E-state index contributed by atoms with van der Waals surface area (Å²) in [4.78, 5) is 0. The van der Waals surface area contributed by atoms with Crippen LogP contribution in [0.3, 0.4) is 0 Å². The topological polar surface area (TPSA) is 20.2 Å². The minimum absolute atomic E-state index is 0.0751. The van der Waals surface area contributed by atoms with E-state index in [0.717, 1.165) is 17.7 Å². The van der Waals surface area contributed by atoms with Crippen LogP contribution in [0.5, 0.6) is 0 Å². The predicted molar refractivity (Wildman–Crippen MR) is 45.0 cm³/mol. The summed E-state index contributed by atoms with van der Waals surface area (Å²) in [7, 11) is 0. The van der Waals surface area contributed by atoms with Gasteiger partial charge >= 0.3 is 6.18 Å². The Hall–Kier alpha value is -1.03. The van der Waals surface area contributed by atoms with E-state index in [4.69, 9.17) is 5.11 Å². The van der Waals surface area contributed by atoms with Gasteiger partial charge < -0.3 is 5.11 Å². The van der Waals surface area contributed by atoms with Crippen LogP contribution in [0.4, 0.5) is 13.2 Å². The van der Waals surface area contributed by atoms with E-state index < -0.39 is 11.7 Å². The summed E-state index contributed by atoms with van der Waals surface area (Å²) < 4.78 is 36.9. The summed E-state index contributed by atoms with van der Waals surface area (Å²) in [6, 6.07) is 3.72. The molecule has 14 heavy (non-hydrogen) atoms. The summed E-state index contributed by atoms with van der Waals surface area (Å²) in [5, 5.41) is 8.85. The lowest BCUT2D eigenvalue weighted by atomic mass is 9.77. The Morgan fingerprint density at radius 1 is 1.36 bits per heavy atom. The molecule has 0 bridgehead atoms. The van der Waals surface area contributed by atoms with E-state index in [1.165, 1.54) is 6.07 Å². The Morgan fingerprint density at radius 3 is 2.64 bits per heavy atom. The van der Waals surface area contributed by atoms with Crippen molar-refractivity contribution in [2.45, 2.75) is 18.5 Å². The molecule has 76 valence electrons. The molecule has 0 aliphatic heterocycles. The summed E-state index contributed by atoms with van der Waals surface area (Å²) in [5.41, 5.74) is 0.925. The van der Waals surface area contributed by atoms with Crippen LogP contribution in [0.1, 0.15) is 22.6 Å². The van der Waals surface area contributed by atoms with Gasteiger partial charge in [-0.1, -0.05) is 6.07 Å². The third-order valence-electron chi connectivity index (χ3n) is 2.60. The van der Waals surface area contributed by atoms with Gasteiger partial charge in [-0.3, -0.25) is 0 Å². The monoisotopic (exact) mass is 202 g/mol. The van der Waals surface area contributed by atoms with Gasteiger partial charge in [0.2, 0.25) is 0 Å². The first-order valence-electron chi connectivity index (χ1n) is 4.33. The molecule has 1 aliphatic carbocycles. The zero-order valence-corrected chi connectivity index (χ0v) is 7.30. The molecule has 0 fully saturated rings. The van der Waals surface area contributed by atoms with Crippen molar-refractivity contribution in [2.24, 2.45) is 0 Å². The zero-order chi connectivity index (χ0) is 10.3. The van der Waals surface area contributed by atoms with E-state index in [0.29, 0.717) is 12.0 Å². The molecule has 0 amide bonds. The van der Waals surface area contributed by atoms with Crippen molar-refractivity contribution in [2.75, 3.05) is 6.61 Å². The van der Waals surface area contributed by atoms with Crippen molar-refractivity contribution >= 4 is 0 Å². The number of halogens is 3. The average Bonchev–Trinajstić information content (AvgIpc) is 2.05. The van der Waals surface area contributed by atoms with Gasteiger partial charge in [0.05, 0.1) is 12.2 Å². The van der Waals surface area contributed by atoms with Crippen LogP contribution in [0.25, 0.3) is 0 Å². The normalized spacial score (nSPS) is 20.1. The summed E-state index contributed by atoms with van der Waals surface area (Å²) in [6.45, 7) is -0.0751. The van der Waals surface area contributed by atoms with E-state index in [9.17, 15) is 13.2 Å². The lowest BCUT2D eigenvalue weighted by molar-refractivity contribution is -0.137. The molecule has 0 radical (unpaired) electrons. The SMILES string of the molecule is OCC1Cc2ccc(C(F)(F)F)cc21. The van der Waals surface area contributed by atoms with Gasteiger partial charge in [0.25, 0.3) is 0 Å². The van der Waals surface area contributed by atoms with Crippen LogP contribution in [-0.4, -0.2) is 11.7 Å². The van der Waals surface area contributed by atoms with Crippen LogP contribution in [0.15, 0.2) is 18.2 Å². The highest BCUT2D eigenvalue weighted by molar-refractivity contribution is 5.43. The van der Waals surface area contributed by atoms with Gasteiger partial charge in [0, 0.05) is 5.92 Å². The fourth-order valence-corrected chi connectivity index (χ4v) is 1.74. The van der Waals surface area contributed by atoms with Crippen LogP contribution in [-0.2, 0) is 12.6 Å². The summed E-state index contributed by atoms with van der Waals surface area (Å²) >= 11 is 0. The molecule has 0 aromatic heterocycles. The van der Waals surface area contributed by atoms with E-state index in [2.05, 4.69) is 0 Å². The number of benzene rings is 1. The second-order valence-electron chi connectivity index (χ2n) is 3.49. The highest BCUT2D eigenvalue weighted by atomic mass is 19.4. The summed E-state index contributed by atoms with van der Waals surface area (Å²) in [6.07, 6.45) is -3.60. The molecule has 1 unspecified atom stereocenters. The third-order valence-corrected chi connectivity index (χ3v) is 2.60. The van der Waals surface area contributed by atoms with Crippen LogP contribution in [0.2, 0.25) is 0 Å². The van der Waals surface area contributed by atoms with Crippen molar-refractivity contribution in [3.8, 4) is 0 Å². The molecule has 1 aliphatic rings. The average molecular weight is 202 g/mol. The first kappa shape index (κ1) is 9.52. The first-order chi connectivity index (χ1) is 6.52. The molecule has 1 aromatic rings. The Labute approximate surface area is 79.2 Å². The van der Waals surface area contributed by atoms with Gasteiger partial charge in [-0.2, -0.15) is 13.2 Å². The summed E-state index contributed by atoms with van der Waals surface area (Å²) in [5.74, 6) is -0.104. The smallest absolute Gasteiger partial charge is 0.396 e. The molecule has 4 heteroatoms. The van der Waals surface area contributed by atoms with Crippen molar-refractivity contribution in [1.29, 1.82) is 0 Å². The lowest BCUT2D eigenvalue weighted by Gasteiger charge is -2.29. The largest absolute Gasteiger partial charge is 0.416 e. The molecule has 0 heterocycles. The molecule has 1 N–H and O–H groups in total. The van der Waals surface area contributed by atoms with Gasteiger partial charge in [-0.15, -0.1) is 0 Å². The molecular weight excluding hydrogens is 193 g/mol. The minimum atomic E-state index is -4.29. The van der Waals surface area contributed by atoms with Crippen molar-refractivity contribution < 1.29 is 18.3 Å². The zero-order valence-electron chi connectivity index (χ0n) is 7.30. The van der Waals surface area contributed by atoms with Crippen molar-refractivity contribution in [3.63, 3.8) is 0 Å². The van der Waals surface area contributed by atoms with Gasteiger partial charge in [-0.05, 0) is 29.7 Å². The molecule has 0 spiro atoms. The molecule has 1 nitrogen and oxygen atoms in total. The number of fused-ring (bicyclic) bond motifs is 1. The van der Waals surface area contributed by atoms with Gasteiger partial charge in [-0.25, -0.2) is 0 Å². The van der Waals surface area contributed by atoms with E-state index in [1.54, 1.807) is 0 Å². The first-order valence-corrected chi connectivity index (χ1v) is 4.33. The lowest BCUT2D eigenvalue weighted by Crippen LogP contribution is -2.21.